The van der Waals surface area contributed by atoms with Gasteiger partial charge >= 0.3 is 0 Å². The van der Waals surface area contributed by atoms with Crippen molar-refractivity contribution >= 4 is 7.26 Å². The maximum Gasteiger partial charge on any atom is 0.154 e. The van der Waals surface area contributed by atoms with Crippen LogP contribution in [0, 0.1) is 0 Å². The molecule has 0 aliphatic rings. The Hall–Kier alpha value is -1.62. The smallest absolute Gasteiger partial charge is 0.154 e. The third kappa shape index (κ3) is 5.90. The van der Waals surface area contributed by atoms with Crippen LogP contribution in [0.3, 0.4) is 0 Å². The van der Waals surface area contributed by atoms with Crippen molar-refractivity contribution in [3.05, 3.63) is 108 Å². The molecule has 0 radical (unpaired) electrons. The largest absolute Gasteiger partial charge is 1.00 e. The molecule has 0 bridgehead atoms. The zero-order chi connectivity index (χ0) is 22.7. The van der Waals surface area contributed by atoms with Gasteiger partial charge in [-0.1, -0.05) is 131 Å². The van der Waals surface area contributed by atoms with E-state index < -0.39 is 7.26 Å². The van der Waals surface area contributed by atoms with Gasteiger partial charge < -0.3 is 12.4 Å². The molecule has 3 aromatic carbocycles. The van der Waals surface area contributed by atoms with Crippen LogP contribution in [0.2, 0.25) is 0 Å². The van der Waals surface area contributed by atoms with Crippen molar-refractivity contribution in [2.45, 2.75) is 64.5 Å². The van der Waals surface area contributed by atoms with Gasteiger partial charge in [0.25, 0.3) is 0 Å². The summed E-state index contributed by atoms with van der Waals surface area (Å²) in [7, 11) is -1.45. The molecule has 0 amide bonds. The van der Waals surface area contributed by atoms with Gasteiger partial charge in [0.05, 0.1) is 18.5 Å². The third-order valence-electron chi connectivity index (χ3n) is 7.11. The fraction of sp³-hybridized carbons (Fsp3) is 0.419. The lowest BCUT2D eigenvalue weighted by atomic mass is 9.84. The monoisotopic (exact) mass is 480 g/mol. The molecule has 0 nitrogen and oxygen atoms in total. The first-order valence-corrected chi connectivity index (χ1v) is 15.1. The summed E-state index contributed by atoms with van der Waals surface area (Å²) >= 11 is 0. The lowest BCUT2D eigenvalue weighted by Crippen LogP contribution is -3.00. The molecule has 33 heavy (non-hydrogen) atoms. The molecule has 0 heterocycles. The maximum absolute atomic E-state index is 2.42. The Labute approximate surface area is 210 Å². The number of hydrogen-bond acceptors (Lipinski definition) is 0. The molecule has 0 aliphatic heterocycles. The van der Waals surface area contributed by atoms with Crippen molar-refractivity contribution in [1.29, 1.82) is 0 Å². The highest BCUT2D eigenvalue weighted by Crippen LogP contribution is 2.78. The van der Waals surface area contributed by atoms with E-state index >= 15 is 0 Å². The van der Waals surface area contributed by atoms with Crippen LogP contribution in [0.4, 0.5) is 0 Å². The van der Waals surface area contributed by atoms with Gasteiger partial charge in [0.15, 0.2) is 5.16 Å². The number of halogens is 1. The predicted molar refractivity (Wildman–Crippen MR) is 145 cm³/mol. The average molecular weight is 481 g/mol. The van der Waals surface area contributed by atoms with E-state index in [-0.39, 0.29) is 17.6 Å². The Morgan fingerprint density at radius 3 is 1.00 bits per heavy atom. The van der Waals surface area contributed by atoms with E-state index in [0.717, 1.165) is 0 Å². The maximum atomic E-state index is 2.42. The third-order valence-corrected chi connectivity index (χ3v) is 12.8. The fourth-order valence-electron chi connectivity index (χ4n) is 5.58. The van der Waals surface area contributed by atoms with Crippen molar-refractivity contribution in [2.24, 2.45) is 0 Å². The quantitative estimate of drug-likeness (QED) is 0.196. The molecule has 0 atom stereocenters. The van der Waals surface area contributed by atoms with Gasteiger partial charge in [-0.05, 0) is 19.3 Å². The van der Waals surface area contributed by atoms with E-state index in [4.69, 9.17) is 0 Å². The van der Waals surface area contributed by atoms with Gasteiger partial charge in [0, 0.05) is 24.0 Å². The van der Waals surface area contributed by atoms with Crippen molar-refractivity contribution in [1.82, 2.24) is 0 Å². The Morgan fingerprint density at radius 1 is 0.485 bits per heavy atom. The molecule has 0 N–H and O–H groups in total. The summed E-state index contributed by atoms with van der Waals surface area (Å²) in [4.78, 5) is 0. The molecular formula is C31H42ClP. The van der Waals surface area contributed by atoms with Crippen LogP contribution in [0.1, 0.15) is 76.0 Å². The molecule has 0 saturated carbocycles. The van der Waals surface area contributed by atoms with Crippen LogP contribution < -0.4 is 12.4 Å². The van der Waals surface area contributed by atoms with Crippen LogP contribution in [0.15, 0.2) is 91.0 Å². The van der Waals surface area contributed by atoms with E-state index in [9.17, 15) is 0 Å². The van der Waals surface area contributed by atoms with Gasteiger partial charge in [-0.25, -0.2) is 0 Å². The lowest BCUT2D eigenvalue weighted by Gasteiger charge is -2.47. The van der Waals surface area contributed by atoms with Gasteiger partial charge in [0.2, 0.25) is 0 Å². The summed E-state index contributed by atoms with van der Waals surface area (Å²) in [5, 5.41) is -0.0453. The van der Waals surface area contributed by atoms with Crippen molar-refractivity contribution in [3.63, 3.8) is 0 Å². The van der Waals surface area contributed by atoms with Crippen molar-refractivity contribution < 1.29 is 12.4 Å². The summed E-state index contributed by atoms with van der Waals surface area (Å²) in [5.74, 6) is 0. The van der Waals surface area contributed by atoms with E-state index in [0.29, 0.717) is 0 Å². The molecule has 0 aliphatic carbocycles. The van der Waals surface area contributed by atoms with Crippen LogP contribution >= 0.6 is 7.26 Å². The Balaban J connectivity index is 0.00000385. The summed E-state index contributed by atoms with van der Waals surface area (Å²) in [6, 6.07) is 34.5. The molecule has 0 spiro atoms. The molecular weight excluding hydrogens is 439 g/mol. The number of unbranched alkanes of at least 4 members (excludes halogenated alkanes) is 3. The molecule has 3 aromatic rings. The summed E-state index contributed by atoms with van der Waals surface area (Å²) in [6.07, 6.45) is 11.9. The zero-order valence-corrected chi connectivity index (χ0v) is 22.5. The van der Waals surface area contributed by atoms with Crippen molar-refractivity contribution in [2.75, 3.05) is 18.5 Å². The molecule has 0 unspecified atom stereocenters. The van der Waals surface area contributed by atoms with Gasteiger partial charge in [-0.15, -0.1) is 0 Å². The van der Waals surface area contributed by atoms with Gasteiger partial charge in [-0.2, -0.15) is 0 Å². The fourth-order valence-corrected chi connectivity index (χ4v) is 12.1. The zero-order valence-electron chi connectivity index (χ0n) is 20.8. The highest BCUT2D eigenvalue weighted by atomic mass is 35.5. The van der Waals surface area contributed by atoms with Crippen LogP contribution in [0.25, 0.3) is 0 Å². The van der Waals surface area contributed by atoms with Gasteiger partial charge in [-0.3, -0.25) is 0 Å². The second-order valence-electron chi connectivity index (χ2n) is 9.19. The molecule has 2 heteroatoms. The van der Waals surface area contributed by atoms with E-state index in [1.807, 2.05) is 0 Å². The second kappa shape index (κ2) is 13.9. The first kappa shape index (κ1) is 27.6. The number of hydrogen-bond donors (Lipinski definition) is 0. The van der Waals surface area contributed by atoms with E-state index in [1.165, 1.54) is 73.7 Å². The number of benzene rings is 3. The topological polar surface area (TPSA) is 0 Å². The summed E-state index contributed by atoms with van der Waals surface area (Å²) in [6.45, 7) is 7.09. The Kier molecular flexibility index (Phi) is 11.7. The SMILES string of the molecule is CCCC[P+](CCCC)(CCCC)C(c1ccccc1)(c1ccccc1)c1ccccc1.[Cl-]. The minimum atomic E-state index is -1.45. The molecule has 0 aromatic heterocycles. The molecule has 3 rings (SSSR count). The first-order valence-electron chi connectivity index (χ1n) is 12.8. The standard InChI is InChI=1S/C31H42P.ClH/c1-4-7-25-32(26-8-5-2,27-9-6-3)31(28-19-13-10-14-20-28,29-21-15-11-16-22-29)30-23-17-12-18-24-30;/h10-24H,4-9,25-27H2,1-3H3;1H/q+1;/p-1. The minimum absolute atomic E-state index is 0. The normalized spacial score (nSPS) is 11.7. The Morgan fingerprint density at radius 2 is 0.758 bits per heavy atom. The van der Waals surface area contributed by atoms with E-state index in [2.05, 4.69) is 112 Å². The average Bonchev–Trinajstić information content (AvgIpc) is 2.87. The lowest BCUT2D eigenvalue weighted by molar-refractivity contribution is -0.00000670. The van der Waals surface area contributed by atoms with Crippen molar-refractivity contribution in [3.8, 4) is 0 Å². The second-order valence-corrected chi connectivity index (χ2v) is 13.5. The van der Waals surface area contributed by atoms with Gasteiger partial charge in [0.1, 0.15) is 0 Å². The molecule has 0 fully saturated rings. The van der Waals surface area contributed by atoms with Crippen LogP contribution in [0.5, 0.6) is 0 Å². The van der Waals surface area contributed by atoms with E-state index in [1.54, 1.807) is 0 Å². The summed E-state index contributed by atoms with van der Waals surface area (Å²) < 4.78 is 0. The number of rotatable bonds is 13. The highest BCUT2D eigenvalue weighted by molar-refractivity contribution is 7.77. The van der Waals surface area contributed by atoms with Crippen LogP contribution in [-0.2, 0) is 5.16 Å². The highest BCUT2D eigenvalue weighted by Gasteiger charge is 2.59. The molecule has 0 saturated heterocycles. The summed E-state index contributed by atoms with van der Waals surface area (Å²) in [5.41, 5.74) is 4.48. The van der Waals surface area contributed by atoms with Crippen LogP contribution in [-0.4, -0.2) is 18.5 Å². The minimum Gasteiger partial charge on any atom is -1.00 e. The first-order chi connectivity index (χ1) is 15.7. The predicted octanol–water partition coefficient (Wildman–Crippen LogP) is 6.40. The Bertz CT molecular complexity index is 774. The molecule has 178 valence electrons.